The fourth-order valence-corrected chi connectivity index (χ4v) is 6.02. The van der Waals surface area contributed by atoms with Gasteiger partial charge in [0.1, 0.15) is 0 Å². The molecule has 4 rings (SSSR count). The molecule has 2 N–H and O–H groups in total. The number of benzene rings is 1. The number of aliphatic hydroxyl groups is 1. The minimum Gasteiger partial charge on any atom is -0.375 e. The van der Waals surface area contributed by atoms with Crippen LogP contribution < -0.4 is 5.32 Å². The van der Waals surface area contributed by atoms with Crippen molar-refractivity contribution in [3.05, 3.63) is 35.9 Å². The van der Waals surface area contributed by atoms with Gasteiger partial charge in [0.15, 0.2) is 5.60 Å². The smallest absolute Gasteiger partial charge is 0.257 e. The number of rotatable bonds is 6. The number of likely N-dealkylation sites (tertiary alicyclic amines) is 1. The van der Waals surface area contributed by atoms with Gasteiger partial charge in [-0.25, -0.2) is 8.78 Å². The summed E-state index contributed by atoms with van der Waals surface area (Å²) in [5, 5.41) is 14.6. The molecule has 0 bridgehead atoms. The van der Waals surface area contributed by atoms with Crippen molar-refractivity contribution >= 4 is 5.91 Å². The van der Waals surface area contributed by atoms with E-state index in [9.17, 15) is 18.7 Å². The minimum absolute atomic E-state index is 0.0231. The molecule has 1 heterocycles. The second-order valence-electron chi connectivity index (χ2n) is 10.3. The third-order valence-corrected chi connectivity index (χ3v) is 7.97. The van der Waals surface area contributed by atoms with Crippen molar-refractivity contribution in [3.63, 3.8) is 0 Å². The normalized spacial score (nSPS) is 27.5. The number of nitrogens with one attached hydrogen (secondary N) is 1. The molecular weight excluding hydrogens is 410 g/mol. The van der Waals surface area contributed by atoms with Gasteiger partial charge in [0.25, 0.3) is 5.91 Å². The van der Waals surface area contributed by atoms with Crippen LogP contribution in [-0.2, 0) is 10.4 Å². The van der Waals surface area contributed by atoms with Gasteiger partial charge in [0, 0.05) is 44.4 Å². The molecule has 0 aromatic heterocycles. The van der Waals surface area contributed by atoms with Gasteiger partial charge in [-0.3, -0.25) is 4.79 Å². The van der Waals surface area contributed by atoms with Crippen molar-refractivity contribution in [1.29, 1.82) is 0 Å². The summed E-state index contributed by atoms with van der Waals surface area (Å²) in [5.41, 5.74) is -1.51. The highest BCUT2D eigenvalue weighted by atomic mass is 19.3. The van der Waals surface area contributed by atoms with Gasteiger partial charge in [-0.1, -0.05) is 56.0 Å². The topological polar surface area (TPSA) is 52.6 Å². The molecule has 2 saturated carbocycles. The van der Waals surface area contributed by atoms with Crippen LogP contribution in [0.25, 0.3) is 0 Å². The monoisotopic (exact) mass is 448 g/mol. The number of carbonyl (C=O) groups is 1. The van der Waals surface area contributed by atoms with Crippen LogP contribution in [0.15, 0.2) is 30.3 Å². The highest BCUT2D eigenvalue weighted by Gasteiger charge is 2.53. The summed E-state index contributed by atoms with van der Waals surface area (Å²) in [6.07, 6.45) is 9.15. The predicted molar refractivity (Wildman–Crippen MR) is 121 cm³/mol. The van der Waals surface area contributed by atoms with Crippen LogP contribution in [0.1, 0.15) is 76.2 Å². The molecule has 1 aromatic carbocycles. The zero-order chi connectivity index (χ0) is 22.6. The van der Waals surface area contributed by atoms with Crippen molar-refractivity contribution in [2.75, 3.05) is 19.6 Å². The predicted octanol–water partition coefficient (Wildman–Crippen LogP) is 4.86. The number of hydrogen-bond acceptors (Lipinski definition) is 3. The summed E-state index contributed by atoms with van der Waals surface area (Å²) < 4.78 is 28.0. The second kappa shape index (κ2) is 10.2. The van der Waals surface area contributed by atoms with Crippen LogP contribution in [-0.4, -0.2) is 47.5 Å². The van der Waals surface area contributed by atoms with Gasteiger partial charge in [-0.15, -0.1) is 0 Å². The standard InChI is InChI=1S/C26H38F2N2O2/c27-25(28)15-12-22(18-25)26(32,21-10-6-3-7-11-21)24(31)29-23-13-16-30(17-14-23)19-20-8-4-1-2-5-9-20/h3,6-7,10-11,20,22-23,32H,1-2,4-5,8-9,12-19H2,(H,29,31)/t22-,26+/m1/s1. The van der Waals surface area contributed by atoms with Gasteiger partial charge in [0.05, 0.1) is 0 Å². The molecule has 2 aliphatic carbocycles. The van der Waals surface area contributed by atoms with E-state index in [2.05, 4.69) is 10.2 Å². The zero-order valence-electron chi connectivity index (χ0n) is 19.1. The van der Waals surface area contributed by atoms with Crippen molar-refractivity contribution in [2.45, 2.75) is 88.2 Å². The summed E-state index contributed by atoms with van der Waals surface area (Å²) in [6, 6.07) is 8.61. The molecule has 2 atom stereocenters. The Bertz CT molecular complexity index is 743. The Labute approximate surface area is 190 Å². The van der Waals surface area contributed by atoms with Gasteiger partial charge in [-0.05, 0) is 43.6 Å². The Morgan fingerprint density at radius 1 is 1.03 bits per heavy atom. The molecule has 0 radical (unpaired) electrons. The van der Waals surface area contributed by atoms with E-state index in [0.717, 1.165) is 38.4 Å². The van der Waals surface area contributed by atoms with Crippen molar-refractivity contribution in [1.82, 2.24) is 10.2 Å². The van der Waals surface area contributed by atoms with Crippen LogP contribution in [0.2, 0.25) is 0 Å². The van der Waals surface area contributed by atoms with E-state index in [4.69, 9.17) is 0 Å². The number of nitrogens with zero attached hydrogens (tertiary/aromatic N) is 1. The first-order valence-electron chi connectivity index (χ1n) is 12.6. The van der Waals surface area contributed by atoms with Gasteiger partial charge in [0.2, 0.25) is 5.92 Å². The maximum atomic E-state index is 14.0. The van der Waals surface area contributed by atoms with E-state index in [0.29, 0.717) is 5.56 Å². The van der Waals surface area contributed by atoms with E-state index in [1.54, 1.807) is 30.3 Å². The molecule has 0 spiro atoms. The molecule has 3 fully saturated rings. The molecule has 1 amide bonds. The summed E-state index contributed by atoms with van der Waals surface area (Å²) in [7, 11) is 0. The molecule has 32 heavy (non-hydrogen) atoms. The zero-order valence-corrected chi connectivity index (χ0v) is 19.1. The van der Waals surface area contributed by atoms with Crippen molar-refractivity contribution in [3.8, 4) is 0 Å². The largest absolute Gasteiger partial charge is 0.375 e. The molecule has 0 unspecified atom stereocenters. The van der Waals surface area contributed by atoms with Gasteiger partial charge < -0.3 is 15.3 Å². The SMILES string of the molecule is O=C(NC1CCN(CC2CCCCCC2)CC1)[C@](O)(c1ccccc1)[C@@H]1CCC(F)(F)C1. The quantitative estimate of drug-likeness (QED) is 0.611. The Morgan fingerprint density at radius 3 is 2.28 bits per heavy atom. The fourth-order valence-electron chi connectivity index (χ4n) is 6.02. The number of alkyl halides is 2. The molecule has 6 heteroatoms. The first kappa shape index (κ1) is 23.6. The van der Waals surface area contributed by atoms with E-state index >= 15 is 0 Å². The lowest BCUT2D eigenvalue weighted by Crippen LogP contribution is -2.54. The van der Waals surface area contributed by atoms with Crippen molar-refractivity contribution in [2.24, 2.45) is 11.8 Å². The van der Waals surface area contributed by atoms with Crippen LogP contribution in [0, 0.1) is 11.8 Å². The van der Waals surface area contributed by atoms with Crippen LogP contribution in [0.4, 0.5) is 8.78 Å². The number of amides is 1. The molecular formula is C26H38F2N2O2. The van der Waals surface area contributed by atoms with Crippen molar-refractivity contribution < 1.29 is 18.7 Å². The lowest BCUT2D eigenvalue weighted by atomic mass is 9.79. The summed E-state index contributed by atoms with van der Waals surface area (Å²) in [4.78, 5) is 15.9. The average molecular weight is 449 g/mol. The maximum absolute atomic E-state index is 14.0. The molecule has 1 saturated heterocycles. The number of hydrogen-bond donors (Lipinski definition) is 2. The maximum Gasteiger partial charge on any atom is 0.257 e. The molecule has 4 nitrogen and oxygen atoms in total. The lowest BCUT2D eigenvalue weighted by Gasteiger charge is -2.38. The van der Waals surface area contributed by atoms with E-state index < -0.39 is 29.8 Å². The molecule has 1 aromatic rings. The highest BCUT2D eigenvalue weighted by Crippen LogP contribution is 2.47. The molecule has 3 aliphatic rings. The fraction of sp³-hybridized carbons (Fsp3) is 0.731. The Hall–Kier alpha value is -1.53. The first-order valence-corrected chi connectivity index (χ1v) is 12.6. The van der Waals surface area contributed by atoms with E-state index in [1.807, 2.05) is 0 Å². The number of piperidine rings is 1. The molecule has 1 aliphatic heterocycles. The Morgan fingerprint density at radius 2 is 1.69 bits per heavy atom. The summed E-state index contributed by atoms with van der Waals surface area (Å²) >= 11 is 0. The number of halogens is 2. The summed E-state index contributed by atoms with van der Waals surface area (Å²) in [5.74, 6) is -3.34. The minimum atomic E-state index is -2.82. The van der Waals surface area contributed by atoms with Gasteiger partial charge >= 0.3 is 0 Å². The Kier molecular flexibility index (Phi) is 7.51. The average Bonchev–Trinajstić information content (AvgIpc) is 2.98. The summed E-state index contributed by atoms with van der Waals surface area (Å²) in [6.45, 7) is 3.02. The second-order valence-corrected chi connectivity index (χ2v) is 10.3. The lowest BCUT2D eigenvalue weighted by molar-refractivity contribution is -0.149. The van der Waals surface area contributed by atoms with E-state index in [1.165, 1.54) is 38.5 Å². The first-order chi connectivity index (χ1) is 15.4. The third-order valence-electron chi connectivity index (χ3n) is 7.97. The Balaban J connectivity index is 1.37. The van der Waals surface area contributed by atoms with Crippen LogP contribution >= 0.6 is 0 Å². The highest BCUT2D eigenvalue weighted by molar-refractivity contribution is 5.87. The van der Waals surface area contributed by atoms with Gasteiger partial charge in [-0.2, -0.15) is 0 Å². The van der Waals surface area contributed by atoms with Crippen LogP contribution in [0.3, 0.4) is 0 Å². The number of carbonyl (C=O) groups excluding carboxylic acids is 1. The third kappa shape index (κ3) is 5.51. The van der Waals surface area contributed by atoms with Crippen LogP contribution in [0.5, 0.6) is 0 Å². The van der Waals surface area contributed by atoms with E-state index in [-0.39, 0.29) is 18.9 Å². The molecule has 178 valence electrons.